The van der Waals surface area contributed by atoms with Gasteiger partial charge in [0, 0.05) is 11.1 Å². The maximum absolute atomic E-state index is 13.9. The number of hydrogen-bond acceptors (Lipinski definition) is 4. The first-order chi connectivity index (χ1) is 10.6. The van der Waals surface area contributed by atoms with E-state index < -0.39 is 11.6 Å². The smallest absolute Gasteiger partial charge is 0.408 e. The first kappa shape index (κ1) is 13.0. The van der Waals surface area contributed by atoms with Gasteiger partial charge in [-0.1, -0.05) is 23.7 Å². The Balaban J connectivity index is 2.09. The van der Waals surface area contributed by atoms with Gasteiger partial charge >= 0.3 is 5.76 Å². The van der Waals surface area contributed by atoms with Gasteiger partial charge in [-0.2, -0.15) is 0 Å². The monoisotopic (exact) mass is 315 g/mol. The van der Waals surface area contributed by atoms with Crippen LogP contribution < -0.4 is 5.76 Å². The molecule has 0 saturated heterocycles. The highest BCUT2D eigenvalue weighted by molar-refractivity contribution is 6.31. The molecule has 0 radical (unpaired) electrons. The number of halogens is 2. The Morgan fingerprint density at radius 2 is 2.00 bits per heavy atom. The van der Waals surface area contributed by atoms with E-state index in [1.807, 2.05) is 0 Å². The number of benzene rings is 2. The third-order valence-electron chi connectivity index (χ3n) is 3.28. The van der Waals surface area contributed by atoms with Gasteiger partial charge in [-0.15, -0.1) is 9.61 Å². The summed E-state index contributed by atoms with van der Waals surface area (Å²) >= 11 is 5.89. The second kappa shape index (κ2) is 4.64. The van der Waals surface area contributed by atoms with Gasteiger partial charge in [0.15, 0.2) is 11.5 Å². The molecule has 0 aliphatic rings. The fourth-order valence-corrected chi connectivity index (χ4v) is 2.44. The highest BCUT2D eigenvalue weighted by Crippen LogP contribution is 2.24. The molecule has 0 aliphatic heterocycles. The van der Waals surface area contributed by atoms with E-state index in [-0.39, 0.29) is 11.4 Å². The second-order valence-corrected chi connectivity index (χ2v) is 5.10. The van der Waals surface area contributed by atoms with Crippen LogP contribution in [0.4, 0.5) is 4.39 Å². The molecule has 0 unspecified atom stereocenters. The van der Waals surface area contributed by atoms with Crippen LogP contribution in [0.15, 0.2) is 51.7 Å². The maximum atomic E-state index is 13.9. The minimum Gasteiger partial charge on any atom is -0.408 e. The van der Waals surface area contributed by atoms with Crippen LogP contribution in [0.25, 0.3) is 28.0 Å². The lowest BCUT2D eigenvalue weighted by atomic mass is 10.2. The molecule has 0 spiro atoms. The van der Waals surface area contributed by atoms with E-state index in [9.17, 15) is 9.18 Å². The number of aromatic nitrogens is 3. The first-order valence-corrected chi connectivity index (χ1v) is 6.75. The van der Waals surface area contributed by atoms with E-state index in [0.29, 0.717) is 21.6 Å². The van der Waals surface area contributed by atoms with E-state index in [2.05, 4.69) is 10.1 Å². The lowest BCUT2D eigenvalue weighted by Crippen LogP contribution is -2.12. The first-order valence-electron chi connectivity index (χ1n) is 6.37. The van der Waals surface area contributed by atoms with Crippen molar-refractivity contribution >= 4 is 28.2 Å². The molecule has 0 fully saturated rings. The zero-order valence-electron chi connectivity index (χ0n) is 11.0. The summed E-state index contributed by atoms with van der Waals surface area (Å²) in [6.07, 6.45) is 0. The Morgan fingerprint density at radius 3 is 2.82 bits per heavy atom. The Labute approximate surface area is 127 Å². The predicted molar refractivity (Wildman–Crippen MR) is 79.4 cm³/mol. The van der Waals surface area contributed by atoms with Crippen molar-refractivity contribution in [1.29, 1.82) is 0 Å². The van der Waals surface area contributed by atoms with Crippen LogP contribution in [0.3, 0.4) is 0 Å². The van der Waals surface area contributed by atoms with Crippen LogP contribution >= 0.6 is 11.6 Å². The number of fused-ring (bicyclic) bond motifs is 3. The molecule has 0 saturated carbocycles. The molecule has 0 atom stereocenters. The highest BCUT2D eigenvalue weighted by atomic mass is 35.5. The van der Waals surface area contributed by atoms with E-state index in [1.54, 1.807) is 30.3 Å². The second-order valence-electron chi connectivity index (χ2n) is 4.66. The fraction of sp³-hybridized carbons (Fsp3) is 0. The third kappa shape index (κ3) is 1.88. The molecule has 2 heterocycles. The van der Waals surface area contributed by atoms with E-state index in [4.69, 9.17) is 16.0 Å². The van der Waals surface area contributed by atoms with Crippen molar-refractivity contribution in [2.24, 2.45) is 0 Å². The summed E-state index contributed by atoms with van der Waals surface area (Å²) in [5.41, 5.74) is 0.811. The highest BCUT2D eigenvalue weighted by Gasteiger charge is 2.15. The summed E-state index contributed by atoms with van der Waals surface area (Å²) in [5, 5.41) is 5.05. The Hall–Kier alpha value is -2.73. The molecule has 2 aromatic heterocycles. The van der Waals surface area contributed by atoms with Crippen LogP contribution in [0.5, 0.6) is 0 Å². The van der Waals surface area contributed by atoms with Gasteiger partial charge < -0.3 is 4.42 Å². The molecule has 5 nitrogen and oxygen atoms in total. The van der Waals surface area contributed by atoms with Crippen LogP contribution in [0.2, 0.25) is 5.02 Å². The molecule has 0 amide bonds. The Kier molecular flexibility index (Phi) is 2.74. The quantitative estimate of drug-likeness (QED) is 0.541. The van der Waals surface area contributed by atoms with Gasteiger partial charge in [-0.25, -0.2) is 14.2 Å². The van der Waals surface area contributed by atoms with Gasteiger partial charge in [0.25, 0.3) is 0 Å². The molecule has 0 aliphatic carbocycles. The Bertz CT molecular complexity index is 1090. The molecule has 108 valence electrons. The molecular weight excluding hydrogens is 309 g/mol. The largest absolute Gasteiger partial charge is 0.442 e. The predicted octanol–water partition coefficient (Wildman–Crippen LogP) is 3.30. The number of rotatable bonds is 1. The summed E-state index contributed by atoms with van der Waals surface area (Å²) < 4.78 is 20.0. The van der Waals surface area contributed by atoms with Crippen molar-refractivity contribution in [1.82, 2.24) is 14.6 Å². The third-order valence-corrected chi connectivity index (χ3v) is 3.51. The normalized spacial score (nSPS) is 11.4. The summed E-state index contributed by atoms with van der Waals surface area (Å²) in [6.45, 7) is 0. The van der Waals surface area contributed by atoms with Gasteiger partial charge in [0.2, 0.25) is 0 Å². The van der Waals surface area contributed by atoms with Crippen molar-refractivity contribution in [3.63, 3.8) is 0 Å². The minimum atomic E-state index is -0.708. The SMILES string of the molecule is O=c1oc2cc(Cl)ccc2c2nc(-c3ccccc3F)nn12. The zero-order chi connectivity index (χ0) is 15.3. The molecule has 4 rings (SSSR count). The van der Waals surface area contributed by atoms with E-state index in [0.717, 1.165) is 4.52 Å². The molecular formula is C15H7ClFN3O2. The summed E-state index contributed by atoms with van der Waals surface area (Å²) in [6, 6.07) is 10.9. The van der Waals surface area contributed by atoms with Crippen LogP contribution in [-0.2, 0) is 0 Å². The molecule has 22 heavy (non-hydrogen) atoms. The lowest BCUT2D eigenvalue weighted by molar-refractivity contribution is 0.507. The molecule has 0 bridgehead atoms. The Morgan fingerprint density at radius 1 is 1.18 bits per heavy atom. The number of nitrogens with zero attached hydrogens (tertiary/aromatic N) is 3. The van der Waals surface area contributed by atoms with Crippen molar-refractivity contribution in [2.75, 3.05) is 0 Å². The summed E-state index contributed by atoms with van der Waals surface area (Å²) in [5.74, 6) is -1.05. The van der Waals surface area contributed by atoms with Crippen molar-refractivity contribution in [3.05, 3.63) is 63.9 Å². The summed E-state index contributed by atoms with van der Waals surface area (Å²) in [4.78, 5) is 16.3. The fourth-order valence-electron chi connectivity index (χ4n) is 2.27. The summed E-state index contributed by atoms with van der Waals surface area (Å²) in [7, 11) is 0. The lowest BCUT2D eigenvalue weighted by Gasteiger charge is -1.97. The topological polar surface area (TPSA) is 60.4 Å². The van der Waals surface area contributed by atoms with Crippen molar-refractivity contribution in [3.8, 4) is 11.4 Å². The molecule has 7 heteroatoms. The van der Waals surface area contributed by atoms with E-state index in [1.165, 1.54) is 12.1 Å². The van der Waals surface area contributed by atoms with Gasteiger partial charge in [-0.05, 0) is 24.3 Å². The van der Waals surface area contributed by atoms with Crippen LogP contribution in [-0.4, -0.2) is 14.6 Å². The molecule has 4 aromatic rings. The maximum Gasteiger partial charge on any atom is 0.442 e. The minimum absolute atomic E-state index is 0.118. The van der Waals surface area contributed by atoms with Crippen LogP contribution in [0.1, 0.15) is 0 Å². The van der Waals surface area contributed by atoms with Crippen molar-refractivity contribution < 1.29 is 8.81 Å². The average molecular weight is 316 g/mol. The standard InChI is InChI=1S/C15H7ClFN3O2/c16-8-5-6-10-12(7-8)22-15(21)20-14(10)18-13(19-20)9-3-1-2-4-11(9)17/h1-7H. The van der Waals surface area contributed by atoms with Gasteiger partial charge in [0.05, 0.1) is 10.9 Å². The number of hydrogen-bond donors (Lipinski definition) is 0. The molecule has 2 aromatic carbocycles. The van der Waals surface area contributed by atoms with Crippen molar-refractivity contribution in [2.45, 2.75) is 0 Å². The average Bonchev–Trinajstić information content (AvgIpc) is 2.93. The zero-order valence-corrected chi connectivity index (χ0v) is 11.7. The van der Waals surface area contributed by atoms with Crippen LogP contribution in [0, 0.1) is 5.82 Å². The molecule has 0 N–H and O–H groups in total. The van der Waals surface area contributed by atoms with Gasteiger partial charge in [-0.3, -0.25) is 0 Å². The van der Waals surface area contributed by atoms with Gasteiger partial charge in [0.1, 0.15) is 11.4 Å². The van der Waals surface area contributed by atoms with E-state index >= 15 is 0 Å².